The number of hydrogen-bond acceptors (Lipinski definition) is 2. The second-order valence-corrected chi connectivity index (χ2v) is 3.87. The van der Waals surface area contributed by atoms with Crippen molar-refractivity contribution < 1.29 is 4.79 Å². The monoisotopic (exact) mass is 239 g/mol. The molecule has 0 radical (unpaired) electrons. The number of isocyanates is 1. The molecule has 1 aromatic carbocycles. The van der Waals surface area contributed by atoms with Gasteiger partial charge >= 0.3 is 0 Å². The Labute approximate surface area is 85.8 Å². The molecule has 2 nitrogen and oxygen atoms in total. The second kappa shape index (κ2) is 4.35. The van der Waals surface area contributed by atoms with Crippen LogP contribution in [0.25, 0.3) is 0 Å². The predicted molar refractivity (Wildman–Crippen MR) is 55.4 cm³/mol. The highest BCUT2D eigenvalue weighted by molar-refractivity contribution is 9.10. The fraction of sp³-hybridized carbons (Fsp3) is 0.300. The summed E-state index contributed by atoms with van der Waals surface area (Å²) in [5, 5.41) is 0. The molecule has 0 amide bonds. The van der Waals surface area contributed by atoms with E-state index in [1.54, 1.807) is 6.08 Å². The fourth-order valence-corrected chi connectivity index (χ4v) is 1.78. The van der Waals surface area contributed by atoms with Crippen LogP contribution in [0.3, 0.4) is 0 Å². The van der Waals surface area contributed by atoms with Gasteiger partial charge in [0.1, 0.15) is 0 Å². The first kappa shape index (κ1) is 10.2. The number of benzene rings is 1. The molecule has 0 bridgehead atoms. The van der Waals surface area contributed by atoms with Crippen molar-refractivity contribution in [1.82, 2.24) is 0 Å². The van der Waals surface area contributed by atoms with Crippen LogP contribution < -0.4 is 0 Å². The van der Waals surface area contributed by atoms with Crippen molar-refractivity contribution >= 4 is 22.0 Å². The highest BCUT2D eigenvalue weighted by Crippen LogP contribution is 2.22. The number of nitrogens with zero attached hydrogens (tertiary/aromatic N) is 1. The van der Waals surface area contributed by atoms with Gasteiger partial charge in [-0.15, -0.1) is 0 Å². The summed E-state index contributed by atoms with van der Waals surface area (Å²) >= 11 is 3.39. The van der Waals surface area contributed by atoms with E-state index in [4.69, 9.17) is 0 Å². The molecule has 1 rings (SSSR count). The molecule has 0 heterocycles. The molecule has 3 heteroatoms. The van der Waals surface area contributed by atoms with Gasteiger partial charge in [0.05, 0.1) is 6.04 Å². The van der Waals surface area contributed by atoms with Crippen molar-refractivity contribution in [3.05, 3.63) is 33.8 Å². The van der Waals surface area contributed by atoms with E-state index in [-0.39, 0.29) is 6.04 Å². The third-order valence-electron chi connectivity index (χ3n) is 1.79. The predicted octanol–water partition coefficient (Wildman–Crippen LogP) is 3.15. The Morgan fingerprint density at radius 3 is 2.69 bits per heavy atom. The van der Waals surface area contributed by atoms with Crippen molar-refractivity contribution in [2.45, 2.75) is 19.9 Å². The second-order valence-electron chi connectivity index (χ2n) is 2.96. The lowest BCUT2D eigenvalue weighted by Gasteiger charge is -2.06. The Hall–Kier alpha value is -0.920. The lowest BCUT2D eigenvalue weighted by Crippen LogP contribution is -1.90. The molecule has 0 aliphatic heterocycles. The Morgan fingerprint density at radius 1 is 1.46 bits per heavy atom. The first-order valence-electron chi connectivity index (χ1n) is 3.97. The van der Waals surface area contributed by atoms with E-state index < -0.39 is 0 Å². The number of halogens is 1. The summed E-state index contributed by atoms with van der Waals surface area (Å²) in [5.74, 6) is 0. The van der Waals surface area contributed by atoms with Gasteiger partial charge in [0, 0.05) is 4.47 Å². The van der Waals surface area contributed by atoms with Crippen molar-refractivity contribution in [3.63, 3.8) is 0 Å². The molecule has 0 saturated carbocycles. The van der Waals surface area contributed by atoms with E-state index in [9.17, 15) is 4.79 Å². The minimum absolute atomic E-state index is 0.117. The summed E-state index contributed by atoms with van der Waals surface area (Å²) in [7, 11) is 0. The summed E-state index contributed by atoms with van der Waals surface area (Å²) in [4.78, 5) is 13.7. The summed E-state index contributed by atoms with van der Waals surface area (Å²) < 4.78 is 1.01. The van der Waals surface area contributed by atoms with Gasteiger partial charge in [-0.3, -0.25) is 0 Å². The summed E-state index contributed by atoms with van der Waals surface area (Å²) in [6.45, 7) is 3.87. The van der Waals surface area contributed by atoms with Crippen LogP contribution in [0, 0.1) is 6.92 Å². The first-order valence-corrected chi connectivity index (χ1v) is 4.77. The minimum Gasteiger partial charge on any atom is -0.211 e. The summed E-state index contributed by atoms with van der Waals surface area (Å²) in [6.07, 6.45) is 1.56. The quantitative estimate of drug-likeness (QED) is 0.576. The lowest BCUT2D eigenvalue weighted by molar-refractivity contribution is 0.559. The highest BCUT2D eigenvalue weighted by Gasteiger charge is 2.04. The van der Waals surface area contributed by atoms with Crippen LogP contribution in [0.2, 0.25) is 0 Å². The van der Waals surface area contributed by atoms with Crippen molar-refractivity contribution in [2.24, 2.45) is 4.99 Å². The van der Waals surface area contributed by atoms with Crippen molar-refractivity contribution in [1.29, 1.82) is 0 Å². The summed E-state index contributed by atoms with van der Waals surface area (Å²) in [5.41, 5.74) is 2.17. The standard InChI is InChI=1S/C10H10BrNO/c1-7-3-9(5-10(11)4-7)8(2)12-6-13/h3-5,8H,1-2H3. The van der Waals surface area contributed by atoms with Crippen LogP contribution >= 0.6 is 15.9 Å². The average molecular weight is 240 g/mol. The fourth-order valence-electron chi connectivity index (χ4n) is 1.16. The van der Waals surface area contributed by atoms with E-state index in [1.807, 2.05) is 32.0 Å². The van der Waals surface area contributed by atoms with E-state index >= 15 is 0 Å². The van der Waals surface area contributed by atoms with Gasteiger partial charge in [-0.05, 0) is 37.1 Å². The molecular formula is C10H10BrNO. The van der Waals surface area contributed by atoms with Crippen LogP contribution in [0.15, 0.2) is 27.7 Å². The molecule has 68 valence electrons. The van der Waals surface area contributed by atoms with Crippen molar-refractivity contribution in [2.75, 3.05) is 0 Å². The molecule has 1 unspecified atom stereocenters. The topological polar surface area (TPSA) is 29.4 Å². The van der Waals surface area contributed by atoms with E-state index in [0.717, 1.165) is 15.6 Å². The number of aryl methyl sites for hydroxylation is 1. The van der Waals surface area contributed by atoms with Gasteiger partial charge in [0.15, 0.2) is 0 Å². The molecule has 1 atom stereocenters. The smallest absolute Gasteiger partial charge is 0.211 e. The normalized spacial score (nSPS) is 11.9. The molecular weight excluding hydrogens is 230 g/mol. The molecule has 13 heavy (non-hydrogen) atoms. The van der Waals surface area contributed by atoms with E-state index in [0.29, 0.717) is 0 Å². The van der Waals surface area contributed by atoms with E-state index in [1.165, 1.54) is 0 Å². The maximum atomic E-state index is 10.1. The molecule has 0 aliphatic carbocycles. The summed E-state index contributed by atoms with van der Waals surface area (Å²) in [6, 6.07) is 5.86. The van der Waals surface area contributed by atoms with Gasteiger partial charge in [0.2, 0.25) is 6.08 Å². The zero-order chi connectivity index (χ0) is 9.84. The van der Waals surface area contributed by atoms with Gasteiger partial charge in [0.25, 0.3) is 0 Å². The molecule has 0 saturated heterocycles. The number of rotatable bonds is 2. The molecule has 0 spiro atoms. The number of carbonyl (C=O) groups excluding carboxylic acids is 1. The maximum absolute atomic E-state index is 10.1. The zero-order valence-corrected chi connectivity index (χ0v) is 9.13. The number of hydrogen-bond donors (Lipinski definition) is 0. The highest BCUT2D eigenvalue weighted by atomic mass is 79.9. The van der Waals surface area contributed by atoms with E-state index in [2.05, 4.69) is 20.9 Å². The van der Waals surface area contributed by atoms with Gasteiger partial charge < -0.3 is 0 Å². The van der Waals surface area contributed by atoms with Crippen LogP contribution in [-0.2, 0) is 4.79 Å². The van der Waals surface area contributed by atoms with Crippen LogP contribution in [0.1, 0.15) is 24.1 Å². The average Bonchev–Trinajstić information content (AvgIpc) is 2.03. The molecule has 0 N–H and O–H groups in total. The SMILES string of the molecule is Cc1cc(Br)cc(C(C)N=C=O)c1. The third-order valence-corrected chi connectivity index (χ3v) is 2.25. The molecule has 0 aliphatic rings. The Balaban J connectivity index is 3.07. The Bertz CT molecular complexity index is 336. The Kier molecular flexibility index (Phi) is 3.40. The van der Waals surface area contributed by atoms with Crippen molar-refractivity contribution in [3.8, 4) is 0 Å². The Morgan fingerprint density at radius 2 is 2.15 bits per heavy atom. The van der Waals surface area contributed by atoms with Gasteiger partial charge in [-0.1, -0.05) is 22.0 Å². The third kappa shape index (κ3) is 2.79. The molecule has 1 aromatic rings. The zero-order valence-electron chi connectivity index (χ0n) is 7.54. The van der Waals surface area contributed by atoms with Gasteiger partial charge in [-0.2, -0.15) is 4.99 Å². The largest absolute Gasteiger partial charge is 0.235 e. The van der Waals surface area contributed by atoms with Crippen LogP contribution in [0.5, 0.6) is 0 Å². The van der Waals surface area contributed by atoms with Gasteiger partial charge in [-0.25, -0.2) is 4.79 Å². The van der Waals surface area contributed by atoms with Crippen LogP contribution in [-0.4, -0.2) is 6.08 Å². The molecule has 0 fully saturated rings. The maximum Gasteiger partial charge on any atom is 0.235 e. The van der Waals surface area contributed by atoms with Crippen LogP contribution in [0.4, 0.5) is 0 Å². The number of aliphatic imine (C=N–C) groups is 1. The minimum atomic E-state index is -0.117. The lowest BCUT2D eigenvalue weighted by atomic mass is 10.1. The molecule has 0 aromatic heterocycles. The first-order chi connectivity index (χ1) is 6.13.